The lowest BCUT2D eigenvalue weighted by Crippen LogP contribution is -2.51. The number of hydrogen-bond acceptors (Lipinski definition) is 11. The van der Waals surface area contributed by atoms with E-state index in [-0.39, 0.29) is 42.8 Å². The fraction of sp³-hybridized carbons (Fsp3) is 0.536. The van der Waals surface area contributed by atoms with Crippen LogP contribution >= 0.6 is 7.60 Å². The zero-order chi connectivity index (χ0) is 31.4. The van der Waals surface area contributed by atoms with Gasteiger partial charge in [0.2, 0.25) is 10.0 Å². The van der Waals surface area contributed by atoms with E-state index >= 15 is 0 Å². The maximum Gasteiger partial charge on any atom is 0.407 e. The van der Waals surface area contributed by atoms with Crippen LogP contribution in [0.1, 0.15) is 25.8 Å². The Labute approximate surface area is 251 Å². The van der Waals surface area contributed by atoms with E-state index in [9.17, 15) is 32.7 Å². The molecule has 2 fully saturated rings. The molecule has 238 valence electrons. The SMILES string of the molecule is COc1ccc(S(=O)(=O)N(CC(C)C)C[C@@H](O)[C@H](Cc2ccc(P(=O)([O-])[O-])cc2)NC(=O)O[C@H]2CO[C@H]3OCC[C@H]32)cc1. The Morgan fingerprint density at radius 3 is 2.40 bits per heavy atom. The maximum absolute atomic E-state index is 13.6. The standard InChI is InChI=1S/C28H39N2O11PS/c1-18(2)15-30(43(36,37)22-10-6-20(38-3)7-11-22)16-25(31)24(14-19-4-8-21(9-5-19)42(33,34)35)29-28(32)41-26-17-40-27-23(26)12-13-39-27/h4-11,18,23-27,31H,12-17H2,1-3H3,(H,29,32)(H2,33,34,35)/p-2/t23-,24-,25+,26-,27+/m0/s1. The first-order chi connectivity index (χ1) is 20.3. The summed E-state index contributed by atoms with van der Waals surface area (Å²) in [4.78, 5) is 35.8. The van der Waals surface area contributed by atoms with Crippen molar-refractivity contribution >= 4 is 29.0 Å². The van der Waals surface area contributed by atoms with E-state index in [2.05, 4.69) is 5.32 Å². The highest BCUT2D eigenvalue weighted by Crippen LogP contribution is 2.33. The van der Waals surface area contributed by atoms with E-state index in [1.54, 1.807) is 0 Å². The summed E-state index contributed by atoms with van der Waals surface area (Å²) in [7, 11) is -7.56. The van der Waals surface area contributed by atoms with Crippen molar-refractivity contribution in [3.8, 4) is 5.75 Å². The number of ether oxygens (including phenoxy) is 4. The van der Waals surface area contributed by atoms with Crippen LogP contribution in [0.4, 0.5) is 4.79 Å². The molecule has 0 bridgehead atoms. The van der Waals surface area contributed by atoms with Crippen LogP contribution in [-0.2, 0) is 35.2 Å². The van der Waals surface area contributed by atoms with Gasteiger partial charge in [0, 0.05) is 13.1 Å². The largest absolute Gasteiger partial charge is 0.807 e. The van der Waals surface area contributed by atoms with Gasteiger partial charge in [-0.15, -0.1) is 0 Å². The second-order valence-electron chi connectivity index (χ2n) is 11.0. The van der Waals surface area contributed by atoms with Crippen molar-refractivity contribution in [2.75, 3.05) is 33.4 Å². The normalized spacial score (nSPS) is 21.9. The lowest BCUT2D eigenvalue weighted by molar-refractivity contribution is -0.307. The van der Waals surface area contributed by atoms with E-state index in [0.717, 1.165) is 16.4 Å². The average Bonchev–Trinajstić information content (AvgIpc) is 3.57. The van der Waals surface area contributed by atoms with Crippen LogP contribution in [0, 0.1) is 11.8 Å². The van der Waals surface area contributed by atoms with E-state index in [4.69, 9.17) is 18.9 Å². The first kappa shape index (κ1) is 33.3. The molecule has 2 N–H and O–H groups in total. The Bertz CT molecular complexity index is 1380. The predicted molar refractivity (Wildman–Crippen MR) is 151 cm³/mol. The third-order valence-corrected chi connectivity index (χ3v) is 10.2. The number of alkyl carbamates (subject to hydrolysis) is 1. The quantitative estimate of drug-likeness (QED) is 0.288. The molecular weight excluding hydrogens is 603 g/mol. The fourth-order valence-electron chi connectivity index (χ4n) is 5.13. The number of benzene rings is 2. The van der Waals surface area contributed by atoms with Crippen molar-refractivity contribution in [3.63, 3.8) is 0 Å². The summed E-state index contributed by atoms with van der Waals surface area (Å²) < 4.78 is 61.5. The van der Waals surface area contributed by atoms with E-state index < -0.39 is 53.6 Å². The molecule has 13 nitrogen and oxygen atoms in total. The Hall–Kier alpha value is -2.55. The number of hydrogen-bond donors (Lipinski definition) is 2. The zero-order valence-corrected chi connectivity index (χ0v) is 25.9. The summed E-state index contributed by atoms with van der Waals surface area (Å²) in [6.45, 7) is 4.04. The predicted octanol–water partition coefficient (Wildman–Crippen LogP) is 0.341. The van der Waals surface area contributed by atoms with Crippen LogP contribution in [0.3, 0.4) is 0 Å². The molecule has 4 rings (SSSR count). The van der Waals surface area contributed by atoms with Gasteiger partial charge in [-0.25, -0.2) is 13.2 Å². The topological polar surface area (TPSA) is 187 Å². The minimum Gasteiger partial charge on any atom is -0.807 e. The second-order valence-corrected chi connectivity index (χ2v) is 14.5. The molecule has 2 aromatic rings. The second kappa shape index (κ2) is 14.0. The van der Waals surface area contributed by atoms with E-state index in [1.165, 1.54) is 43.5 Å². The first-order valence-electron chi connectivity index (χ1n) is 13.9. The van der Waals surface area contributed by atoms with Crippen molar-refractivity contribution in [1.29, 1.82) is 0 Å². The van der Waals surface area contributed by atoms with Crippen molar-refractivity contribution in [1.82, 2.24) is 9.62 Å². The van der Waals surface area contributed by atoms with Crippen molar-refractivity contribution in [2.24, 2.45) is 11.8 Å². The molecule has 0 unspecified atom stereocenters. The number of sulfonamides is 1. The number of carbonyl (C=O) groups excluding carboxylic acids is 1. The molecule has 1 amide bonds. The van der Waals surface area contributed by atoms with Crippen LogP contribution in [-0.4, -0.2) is 81.9 Å². The maximum atomic E-state index is 13.6. The van der Waals surface area contributed by atoms with Gasteiger partial charge in [-0.3, -0.25) is 0 Å². The molecule has 2 saturated heterocycles. The number of methoxy groups -OCH3 is 1. The van der Waals surface area contributed by atoms with Crippen LogP contribution in [0.2, 0.25) is 0 Å². The van der Waals surface area contributed by atoms with Gasteiger partial charge < -0.3 is 43.7 Å². The summed E-state index contributed by atoms with van der Waals surface area (Å²) >= 11 is 0. The third-order valence-electron chi connectivity index (χ3n) is 7.38. The lowest BCUT2D eigenvalue weighted by atomic mass is 10.0. The van der Waals surface area contributed by atoms with Crippen LogP contribution in [0.15, 0.2) is 53.4 Å². The van der Waals surface area contributed by atoms with Crippen LogP contribution in [0.25, 0.3) is 0 Å². The summed E-state index contributed by atoms with van der Waals surface area (Å²) in [6, 6.07) is 9.91. The number of carbonyl (C=O) groups is 1. The molecule has 43 heavy (non-hydrogen) atoms. The van der Waals surface area contributed by atoms with Gasteiger partial charge >= 0.3 is 6.09 Å². The molecular formula is C28H37N2O11PS-2. The number of nitrogens with zero attached hydrogens (tertiary/aromatic N) is 1. The molecule has 15 heteroatoms. The highest BCUT2D eigenvalue weighted by atomic mass is 32.2. The molecule has 0 saturated carbocycles. The van der Waals surface area contributed by atoms with Gasteiger partial charge in [-0.2, -0.15) is 4.31 Å². The highest BCUT2D eigenvalue weighted by molar-refractivity contribution is 7.89. The van der Waals surface area contributed by atoms with Gasteiger partial charge in [0.15, 0.2) is 6.29 Å². The van der Waals surface area contributed by atoms with Crippen LogP contribution in [0.5, 0.6) is 5.75 Å². The molecule has 5 atom stereocenters. The molecule has 0 radical (unpaired) electrons. The van der Waals surface area contributed by atoms with E-state index in [0.29, 0.717) is 24.3 Å². The van der Waals surface area contributed by atoms with Crippen molar-refractivity contribution in [3.05, 3.63) is 54.1 Å². The monoisotopic (exact) mass is 640 g/mol. The first-order valence-corrected chi connectivity index (χ1v) is 16.9. The van der Waals surface area contributed by atoms with E-state index in [1.807, 2.05) is 13.8 Å². The van der Waals surface area contributed by atoms with Gasteiger partial charge in [0.05, 0.1) is 43.3 Å². The number of rotatable bonds is 13. The van der Waals surface area contributed by atoms with Gasteiger partial charge in [-0.05, 0) is 61.5 Å². The number of aliphatic hydroxyl groups is 1. The van der Waals surface area contributed by atoms with Crippen molar-refractivity contribution in [2.45, 2.75) is 56.1 Å². The Morgan fingerprint density at radius 2 is 1.79 bits per heavy atom. The molecule has 0 aromatic heterocycles. The van der Waals surface area contributed by atoms with Gasteiger partial charge in [0.25, 0.3) is 0 Å². The van der Waals surface area contributed by atoms with Gasteiger partial charge in [-0.1, -0.05) is 38.1 Å². The smallest absolute Gasteiger partial charge is 0.407 e. The Morgan fingerprint density at radius 1 is 1.12 bits per heavy atom. The minimum atomic E-state index is -4.97. The summed E-state index contributed by atoms with van der Waals surface area (Å²) in [5, 5.41) is 13.7. The average molecular weight is 641 g/mol. The minimum absolute atomic E-state index is 0.00915. The number of nitrogens with one attached hydrogen (secondary N) is 1. The van der Waals surface area contributed by atoms with Crippen molar-refractivity contribution < 1.29 is 51.6 Å². The lowest BCUT2D eigenvalue weighted by Gasteiger charge is -2.31. The van der Waals surface area contributed by atoms with Gasteiger partial charge in [0.1, 0.15) is 11.9 Å². The van der Waals surface area contributed by atoms with Crippen LogP contribution < -0.4 is 25.1 Å². The summed E-state index contributed by atoms with van der Waals surface area (Å²) in [5.41, 5.74) is 0.489. The third kappa shape index (κ3) is 8.55. The molecule has 2 aliphatic rings. The molecule has 0 aliphatic carbocycles. The Balaban J connectivity index is 1.55. The molecule has 0 spiro atoms. The molecule has 2 heterocycles. The summed E-state index contributed by atoms with van der Waals surface area (Å²) in [6.07, 6.45) is -2.60. The molecule has 2 aromatic carbocycles. The number of fused-ring (bicyclic) bond motifs is 1. The highest BCUT2D eigenvalue weighted by Gasteiger charge is 2.44. The fourth-order valence-corrected chi connectivity index (χ4v) is 7.27. The Kier molecular flexibility index (Phi) is 10.9. The number of amides is 1. The summed E-state index contributed by atoms with van der Waals surface area (Å²) in [5.74, 6) is 0.271. The zero-order valence-electron chi connectivity index (χ0n) is 24.2. The number of aliphatic hydroxyl groups excluding tert-OH is 1. The molecule has 2 aliphatic heterocycles.